The first-order valence-corrected chi connectivity index (χ1v) is 8.03. The molecule has 4 nitrogen and oxygen atoms in total. The van der Waals surface area contributed by atoms with Crippen LogP contribution in [0.4, 0.5) is 5.69 Å². The van der Waals surface area contributed by atoms with Crippen molar-refractivity contribution in [2.75, 3.05) is 18.6 Å². The van der Waals surface area contributed by atoms with Crippen molar-refractivity contribution in [2.24, 2.45) is 5.92 Å². The van der Waals surface area contributed by atoms with Crippen molar-refractivity contribution >= 4 is 27.5 Å². The van der Waals surface area contributed by atoms with Crippen LogP contribution in [0.15, 0.2) is 46.9 Å². The second-order valence-electron chi connectivity index (χ2n) is 5.33. The number of ether oxygens (including phenoxy) is 1. The Hall–Kier alpha value is -1.88. The minimum atomic E-state index is -0.0109. The van der Waals surface area contributed by atoms with Crippen molar-refractivity contribution in [3.05, 3.63) is 52.6 Å². The van der Waals surface area contributed by atoms with Crippen molar-refractivity contribution < 1.29 is 9.53 Å². The molecule has 0 N–H and O–H groups in total. The lowest BCUT2D eigenvalue weighted by Crippen LogP contribution is -2.27. The van der Waals surface area contributed by atoms with Crippen LogP contribution >= 0.6 is 15.9 Å². The zero-order chi connectivity index (χ0) is 15.5. The van der Waals surface area contributed by atoms with E-state index in [-0.39, 0.29) is 11.8 Å². The number of hydrogen-bond acceptors (Lipinski definition) is 3. The van der Waals surface area contributed by atoms with E-state index in [1.807, 2.05) is 47.4 Å². The molecule has 22 heavy (non-hydrogen) atoms. The SMILES string of the molecule is COc1cccc(CC2CCN(c3ccc(Br)cc3)C2=O)n1. The third-order valence-corrected chi connectivity index (χ3v) is 4.43. The third kappa shape index (κ3) is 3.14. The molecule has 0 radical (unpaired) electrons. The number of carbonyl (C=O) groups is 1. The number of amides is 1. The molecule has 1 saturated heterocycles. The Morgan fingerprint density at radius 3 is 2.77 bits per heavy atom. The summed E-state index contributed by atoms with van der Waals surface area (Å²) in [5.74, 6) is 0.753. The molecule has 0 saturated carbocycles. The van der Waals surface area contributed by atoms with Gasteiger partial charge in [0.2, 0.25) is 11.8 Å². The number of anilines is 1. The maximum atomic E-state index is 12.6. The topological polar surface area (TPSA) is 42.4 Å². The number of aromatic nitrogens is 1. The van der Waals surface area contributed by atoms with Crippen LogP contribution in [0, 0.1) is 5.92 Å². The molecule has 2 heterocycles. The first-order valence-electron chi connectivity index (χ1n) is 7.24. The maximum absolute atomic E-state index is 12.6. The first-order chi connectivity index (χ1) is 10.7. The van der Waals surface area contributed by atoms with Gasteiger partial charge in [-0.1, -0.05) is 22.0 Å². The molecule has 1 amide bonds. The normalized spacial score (nSPS) is 17.8. The average molecular weight is 361 g/mol. The number of benzene rings is 1. The van der Waals surface area contributed by atoms with E-state index in [1.165, 1.54) is 0 Å². The van der Waals surface area contributed by atoms with Gasteiger partial charge in [-0.3, -0.25) is 4.79 Å². The molecule has 0 bridgehead atoms. The molecule has 3 rings (SSSR count). The molecular weight excluding hydrogens is 344 g/mol. The smallest absolute Gasteiger partial charge is 0.230 e. The van der Waals surface area contributed by atoms with Gasteiger partial charge in [-0.2, -0.15) is 0 Å². The number of carbonyl (C=O) groups excluding carboxylic acids is 1. The fraction of sp³-hybridized carbons (Fsp3) is 0.294. The van der Waals surface area contributed by atoms with Gasteiger partial charge in [0.1, 0.15) is 0 Å². The van der Waals surface area contributed by atoms with Gasteiger partial charge in [0, 0.05) is 40.8 Å². The predicted molar refractivity (Wildman–Crippen MR) is 89.1 cm³/mol. The maximum Gasteiger partial charge on any atom is 0.230 e. The zero-order valence-electron chi connectivity index (χ0n) is 12.3. The number of pyridine rings is 1. The Balaban J connectivity index is 1.72. The van der Waals surface area contributed by atoms with E-state index in [0.717, 1.165) is 28.8 Å². The predicted octanol–water partition coefficient (Wildman–Crippen LogP) is 3.45. The highest BCUT2D eigenvalue weighted by Crippen LogP contribution is 2.28. The molecule has 1 aromatic carbocycles. The third-order valence-electron chi connectivity index (χ3n) is 3.90. The van der Waals surface area contributed by atoms with E-state index >= 15 is 0 Å². The second kappa shape index (κ2) is 6.48. The highest BCUT2D eigenvalue weighted by Gasteiger charge is 2.32. The van der Waals surface area contributed by atoms with Crippen LogP contribution in [0.5, 0.6) is 5.88 Å². The quantitative estimate of drug-likeness (QED) is 0.838. The van der Waals surface area contributed by atoms with Crippen LogP contribution in [-0.2, 0) is 11.2 Å². The standard InChI is InChI=1S/C17H17BrN2O2/c1-22-16-4-2-3-14(19-16)11-12-9-10-20(17(12)21)15-7-5-13(18)6-8-15/h2-8,12H,9-11H2,1H3. The van der Waals surface area contributed by atoms with Crippen LogP contribution in [0.1, 0.15) is 12.1 Å². The highest BCUT2D eigenvalue weighted by atomic mass is 79.9. The summed E-state index contributed by atoms with van der Waals surface area (Å²) in [5.41, 5.74) is 1.85. The van der Waals surface area contributed by atoms with Gasteiger partial charge in [0.15, 0.2) is 0 Å². The summed E-state index contributed by atoms with van der Waals surface area (Å²) in [6.45, 7) is 0.759. The second-order valence-corrected chi connectivity index (χ2v) is 6.24. The molecule has 5 heteroatoms. The molecule has 1 atom stereocenters. The van der Waals surface area contributed by atoms with Gasteiger partial charge in [-0.25, -0.2) is 4.98 Å². The largest absolute Gasteiger partial charge is 0.481 e. The Morgan fingerprint density at radius 1 is 1.27 bits per heavy atom. The van der Waals surface area contributed by atoms with E-state index in [4.69, 9.17) is 4.74 Å². The van der Waals surface area contributed by atoms with E-state index in [0.29, 0.717) is 12.3 Å². The van der Waals surface area contributed by atoms with Crippen LogP contribution in [0.25, 0.3) is 0 Å². The van der Waals surface area contributed by atoms with Crippen molar-refractivity contribution in [3.63, 3.8) is 0 Å². The number of halogens is 1. The monoisotopic (exact) mass is 360 g/mol. The van der Waals surface area contributed by atoms with Gasteiger partial charge in [-0.15, -0.1) is 0 Å². The summed E-state index contributed by atoms with van der Waals surface area (Å²) in [5, 5.41) is 0. The van der Waals surface area contributed by atoms with Gasteiger partial charge in [0.25, 0.3) is 0 Å². The lowest BCUT2D eigenvalue weighted by Gasteiger charge is -2.17. The van der Waals surface area contributed by atoms with Gasteiger partial charge in [0.05, 0.1) is 7.11 Å². The highest BCUT2D eigenvalue weighted by molar-refractivity contribution is 9.10. The summed E-state index contributed by atoms with van der Waals surface area (Å²) in [4.78, 5) is 18.9. The Labute approximate surface area is 138 Å². The fourth-order valence-electron chi connectivity index (χ4n) is 2.74. The summed E-state index contributed by atoms with van der Waals surface area (Å²) < 4.78 is 6.15. The zero-order valence-corrected chi connectivity index (χ0v) is 13.9. The summed E-state index contributed by atoms with van der Waals surface area (Å²) in [6, 6.07) is 13.5. The van der Waals surface area contributed by atoms with Crippen LogP contribution in [0.2, 0.25) is 0 Å². The summed E-state index contributed by atoms with van der Waals surface area (Å²) in [6.07, 6.45) is 1.51. The molecule has 1 fully saturated rings. The number of methoxy groups -OCH3 is 1. The van der Waals surface area contributed by atoms with Crippen LogP contribution in [0.3, 0.4) is 0 Å². The molecule has 0 spiro atoms. The minimum absolute atomic E-state index is 0.0109. The minimum Gasteiger partial charge on any atom is -0.481 e. The Kier molecular flexibility index (Phi) is 4.43. The van der Waals surface area contributed by atoms with E-state index in [2.05, 4.69) is 20.9 Å². The summed E-state index contributed by atoms with van der Waals surface area (Å²) >= 11 is 3.42. The molecule has 1 aromatic heterocycles. The van der Waals surface area contributed by atoms with Gasteiger partial charge < -0.3 is 9.64 Å². The number of nitrogens with zero attached hydrogens (tertiary/aromatic N) is 2. The lowest BCUT2D eigenvalue weighted by atomic mass is 10.0. The molecule has 1 unspecified atom stereocenters. The molecule has 114 valence electrons. The van der Waals surface area contributed by atoms with E-state index < -0.39 is 0 Å². The van der Waals surface area contributed by atoms with E-state index in [9.17, 15) is 4.79 Å². The molecule has 1 aliphatic heterocycles. The number of rotatable bonds is 4. The first kappa shape index (κ1) is 15.0. The van der Waals surface area contributed by atoms with Crippen molar-refractivity contribution in [2.45, 2.75) is 12.8 Å². The average Bonchev–Trinajstić information content (AvgIpc) is 2.89. The van der Waals surface area contributed by atoms with Gasteiger partial charge in [-0.05, 0) is 36.8 Å². The molecule has 2 aromatic rings. The fourth-order valence-corrected chi connectivity index (χ4v) is 3.01. The van der Waals surface area contributed by atoms with Crippen molar-refractivity contribution in [3.8, 4) is 5.88 Å². The van der Waals surface area contributed by atoms with Gasteiger partial charge >= 0.3 is 0 Å². The lowest BCUT2D eigenvalue weighted by molar-refractivity contribution is -0.120. The Morgan fingerprint density at radius 2 is 2.05 bits per heavy atom. The molecule has 0 aliphatic carbocycles. The van der Waals surface area contributed by atoms with Crippen molar-refractivity contribution in [1.29, 1.82) is 0 Å². The molecular formula is C17H17BrN2O2. The van der Waals surface area contributed by atoms with Crippen LogP contribution in [-0.4, -0.2) is 24.5 Å². The van der Waals surface area contributed by atoms with Crippen LogP contribution < -0.4 is 9.64 Å². The number of hydrogen-bond donors (Lipinski definition) is 0. The van der Waals surface area contributed by atoms with E-state index in [1.54, 1.807) is 7.11 Å². The Bertz CT molecular complexity index is 673. The molecule has 1 aliphatic rings. The summed E-state index contributed by atoms with van der Waals surface area (Å²) in [7, 11) is 1.60. The van der Waals surface area contributed by atoms with Crippen molar-refractivity contribution in [1.82, 2.24) is 4.98 Å².